The van der Waals surface area contributed by atoms with E-state index in [1.54, 1.807) is 0 Å². The van der Waals surface area contributed by atoms with Crippen LogP contribution in [0.1, 0.15) is 23.7 Å². The first-order valence-electron chi connectivity index (χ1n) is 5.47. The average Bonchev–Trinajstić information content (AvgIpc) is 2.86. The maximum atomic E-state index is 6.14. The van der Waals surface area contributed by atoms with Gasteiger partial charge in [0.05, 0.1) is 12.1 Å². The molecule has 3 rings (SSSR count). The second-order valence-corrected chi connectivity index (χ2v) is 4.64. The summed E-state index contributed by atoms with van der Waals surface area (Å²) in [5, 5.41) is 0.585. The molecule has 0 saturated carbocycles. The SMILES string of the molecule is Cc1ccc2c(Cl)nc(C3CCOC3)n2c1. The van der Waals surface area contributed by atoms with Gasteiger partial charge in [0.15, 0.2) is 5.15 Å². The molecule has 16 heavy (non-hydrogen) atoms. The van der Waals surface area contributed by atoms with E-state index in [4.69, 9.17) is 16.3 Å². The van der Waals surface area contributed by atoms with E-state index in [-0.39, 0.29) is 0 Å². The van der Waals surface area contributed by atoms with E-state index >= 15 is 0 Å². The highest BCUT2D eigenvalue weighted by atomic mass is 35.5. The second-order valence-electron chi connectivity index (χ2n) is 4.28. The van der Waals surface area contributed by atoms with Crippen molar-refractivity contribution in [1.82, 2.24) is 9.38 Å². The average molecular weight is 237 g/mol. The van der Waals surface area contributed by atoms with Crippen LogP contribution < -0.4 is 0 Å². The number of hydrogen-bond donors (Lipinski definition) is 0. The molecule has 1 aliphatic heterocycles. The highest BCUT2D eigenvalue weighted by molar-refractivity contribution is 6.32. The van der Waals surface area contributed by atoms with E-state index in [0.717, 1.165) is 31.0 Å². The molecule has 0 radical (unpaired) electrons. The van der Waals surface area contributed by atoms with Crippen molar-refractivity contribution >= 4 is 17.1 Å². The van der Waals surface area contributed by atoms with E-state index in [0.29, 0.717) is 11.1 Å². The summed E-state index contributed by atoms with van der Waals surface area (Å²) < 4.78 is 7.50. The lowest BCUT2D eigenvalue weighted by Gasteiger charge is -2.06. The molecule has 1 unspecified atom stereocenters. The monoisotopic (exact) mass is 236 g/mol. The van der Waals surface area contributed by atoms with E-state index in [9.17, 15) is 0 Å². The molecule has 2 aromatic rings. The molecular formula is C12H13ClN2O. The Morgan fingerprint density at radius 1 is 1.50 bits per heavy atom. The molecule has 0 N–H and O–H groups in total. The number of rotatable bonds is 1. The molecule has 0 spiro atoms. The largest absolute Gasteiger partial charge is 0.381 e. The van der Waals surface area contributed by atoms with Crippen LogP contribution in [0.15, 0.2) is 18.3 Å². The van der Waals surface area contributed by atoms with Crippen molar-refractivity contribution in [3.63, 3.8) is 0 Å². The first-order chi connectivity index (χ1) is 7.75. The number of pyridine rings is 1. The zero-order valence-electron chi connectivity index (χ0n) is 9.11. The Kier molecular flexibility index (Phi) is 2.37. The van der Waals surface area contributed by atoms with Gasteiger partial charge in [0.25, 0.3) is 0 Å². The van der Waals surface area contributed by atoms with Crippen molar-refractivity contribution in [2.75, 3.05) is 13.2 Å². The molecule has 1 fully saturated rings. The van der Waals surface area contributed by atoms with Crippen LogP contribution in [0.5, 0.6) is 0 Å². The van der Waals surface area contributed by atoms with Gasteiger partial charge in [0, 0.05) is 18.7 Å². The topological polar surface area (TPSA) is 26.5 Å². The third-order valence-electron chi connectivity index (χ3n) is 3.06. The molecule has 0 bridgehead atoms. The van der Waals surface area contributed by atoms with Crippen molar-refractivity contribution in [3.05, 3.63) is 34.9 Å². The highest BCUT2D eigenvalue weighted by Crippen LogP contribution is 2.28. The smallest absolute Gasteiger partial charge is 0.155 e. The van der Waals surface area contributed by atoms with Crippen LogP contribution in [0.2, 0.25) is 5.15 Å². The summed E-state index contributed by atoms with van der Waals surface area (Å²) >= 11 is 6.14. The molecule has 1 atom stereocenters. The maximum absolute atomic E-state index is 6.14. The summed E-state index contributed by atoms with van der Waals surface area (Å²) in [6.45, 7) is 3.65. The number of aryl methyl sites for hydroxylation is 1. The lowest BCUT2D eigenvalue weighted by atomic mass is 10.1. The molecule has 0 aliphatic carbocycles. The summed E-state index contributed by atoms with van der Waals surface area (Å²) in [4.78, 5) is 4.46. The van der Waals surface area contributed by atoms with Crippen LogP contribution in [0.3, 0.4) is 0 Å². The lowest BCUT2D eigenvalue weighted by molar-refractivity contribution is 0.193. The van der Waals surface area contributed by atoms with Gasteiger partial charge >= 0.3 is 0 Å². The summed E-state index contributed by atoms with van der Waals surface area (Å²) in [6.07, 6.45) is 3.12. The normalized spacial score (nSPS) is 20.8. The fourth-order valence-electron chi connectivity index (χ4n) is 2.20. The van der Waals surface area contributed by atoms with Gasteiger partial charge in [-0.15, -0.1) is 0 Å². The van der Waals surface area contributed by atoms with Gasteiger partial charge < -0.3 is 9.14 Å². The number of hydrogen-bond acceptors (Lipinski definition) is 2. The molecule has 1 saturated heterocycles. The fourth-order valence-corrected chi connectivity index (χ4v) is 2.44. The van der Waals surface area contributed by atoms with E-state index in [2.05, 4.69) is 28.6 Å². The van der Waals surface area contributed by atoms with E-state index in [1.807, 2.05) is 6.07 Å². The van der Waals surface area contributed by atoms with Crippen molar-refractivity contribution < 1.29 is 4.74 Å². The van der Waals surface area contributed by atoms with Crippen molar-refractivity contribution in [2.24, 2.45) is 0 Å². The van der Waals surface area contributed by atoms with Gasteiger partial charge in [0.2, 0.25) is 0 Å². The Hall–Kier alpha value is -1.06. The number of nitrogens with zero attached hydrogens (tertiary/aromatic N) is 2. The Morgan fingerprint density at radius 3 is 3.12 bits per heavy atom. The first kappa shape index (κ1) is 10.1. The van der Waals surface area contributed by atoms with Crippen LogP contribution in [-0.2, 0) is 4.74 Å². The third kappa shape index (κ3) is 1.51. The molecule has 4 heteroatoms. The van der Waals surface area contributed by atoms with Gasteiger partial charge in [-0.2, -0.15) is 0 Å². The van der Waals surface area contributed by atoms with Crippen LogP contribution >= 0.6 is 11.6 Å². The number of imidazole rings is 1. The summed E-state index contributed by atoms with van der Waals surface area (Å²) in [5.41, 5.74) is 2.19. The number of fused-ring (bicyclic) bond motifs is 1. The maximum Gasteiger partial charge on any atom is 0.155 e. The predicted octanol–water partition coefficient (Wildman–Crippen LogP) is 2.80. The molecule has 0 amide bonds. The Morgan fingerprint density at radius 2 is 2.38 bits per heavy atom. The summed E-state index contributed by atoms with van der Waals surface area (Å²) in [7, 11) is 0. The van der Waals surface area contributed by atoms with Gasteiger partial charge in [0.1, 0.15) is 5.82 Å². The molecule has 2 aromatic heterocycles. The van der Waals surface area contributed by atoms with Crippen LogP contribution in [0.25, 0.3) is 5.52 Å². The van der Waals surface area contributed by atoms with Gasteiger partial charge in [-0.1, -0.05) is 17.7 Å². The van der Waals surface area contributed by atoms with Crippen LogP contribution in [0.4, 0.5) is 0 Å². The number of aromatic nitrogens is 2. The zero-order chi connectivity index (χ0) is 11.1. The second kappa shape index (κ2) is 3.75. The molecular weight excluding hydrogens is 224 g/mol. The Balaban J connectivity index is 2.19. The minimum absolute atomic E-state index is 0.377. The summed E-state index contributed by atoms with van der Waals surface area (Å²) in [6, 6.07) is 4.07. The Labute approximate surface area is 99.0 Å². The number of ether oxygens (including phenoxy) is 1. The molecule has 1 aliphatic rings. The molecule has 0 aromatic carbocycles. The minimum Gasteiger partial charge on any atom is -0.381 e. The standard InChI is InChI=1S/C12H13ClN2O/c1-8-2-3-10-11(13)14-12(15(10)6-8)9-4-5-16-7-9/h2-3,6,9H,4-5,7H2,1H3. The minimum atomic E-state index is 0.377. The van der Waals surface area contributed by atoms with Gasteiger partial charge in [-0.05, 0) is 25.0 Å². The van der Waals surface area contributed by atoms with Gasteiger partial charge in [-0.25, -0.2) is 4.98 Å². The predicted molar refractivity (Wildman–Crippen MR) is 63.1 cm³/mol. The fraction of sp³-hybridized carbons (Fsp3) is 0.417. The molecule has 3 heterocycles. The van der Waals surface area contributed by atoms with E-state index < -0.39 is 0 Å². The van der Waals surface area contributed by atoms with Crippen molar-refractivity contribution in [2.45, 2.75) is 19.3 Å². The van der Waals surface area contributed by atoms with Crippen LogP contribution in [0, 0.1) is 6.92 Å². The van der Waals surface area contributed by atoms with E-state index in [1.165, 1.54) is 5.56 Å². The third-order valence-corrected chi connectivity index (χ3v) is 3.34. The van der Waals surface area contributed by atoms with Gasteiger partial charge in [-0.3, -0.25) is 0 Å². The quantitative estimate of drug-likeness (QED) is 0.761. The summed E-state index contributed by atoms with van der Waals surface area (Å²) in [5.74, 6) is 1.41. The van der Waals surface area contributed by atoms with Crippen molar-refractivity contribution in [3.8, 4) is 0 Å². The zero-order valence-corrected chi connectivity index (χ0v) is 9.87. The van der Waals surface area contributed by atoms with Crippen LogP contribution in [-0.4, -0.2) is 22.6 Å². The first-order valence-corrected chi connectivity index (χ1v) is 5.85. The lowest BCUT2D eigenvalue weighted by Crippen LogP contribution is -2.03. The van der Waals surface area contributed by atoms with Crippen molar-refractivity contribution in [1.29, 1.82) is 0 Å². The Bertz CT molecular complexity index is 529. The highest BCUT2D eigenvalue weighted by Gasteiger charge is 2.23. The number of halogens is 1. The molecule has 3 nitrogen and oxygen atoms in total. The molecule has 84 valence electrons.